The first kappa shape index (κ1) is 19.4. The van der Waals surface area contributed by atoms with E-state index in [2.05, 4.69) is 40.8 Å². The third-order valence-corrected chi connectivity index (χ3v) is 5.03. The van der Waals surface area contributed by atoms with E-state index in [0.29, 0.717) is 24.2 Å². The number of carbonyl (C=O) groups excluding carboxylic acids is 1. The summed E-state index contributed by atoms with van der Waals surface area (Å²) in [7, 11) is 2.14. The van der Waals surface area contributed by atoms with Crippen molar-refractivity contribution in [2.75, 3.05) is 38.2 Å². The number of benzene rings is 1. The van der Waals surface area contributed by atoms with Crippen molar-refractivity contribution in [3.63, 3.8) is 0 Å². The number of ether oxygens (including phenoxy) is 1. The van der Waals surface area contributed by atoms with Crippen molar-refractivity contribution in [2.24, 2.45) is 0 Å². The van der Waals surface area contributed by atoms with Crippen LogP contribution >= 0.6 is 0 Å². The molecule has 27 heavy (non-hydrogen) atoms. The average molecular weight is 372 g/mol. The van der Waals surface area contributed by atoms with Crippen LogP contribution in [-0.2, 0) is 0 Å². The van der Waals surface area contributed by atoms with E-state index in [9.17, 15) is 4.79 Å². The van der Waals surface area contributed by atoms with Gasteiger partial charge in [-0.05, 0) is 44.2 Å². The second-order valence-electron chi connectivity index (χ2n) is 7.32. The molecule has 1 saturated heterocycles. The molecule has 1 aromatic carbocycles. The molecule has 2 heterocycles. The predicted octanol–water partition coefficient (Wildman–Crippen LogP) is 2.99. The topological polar surface area (TPSA) is 71.7 Å². The van der Waals surface area contributed by atoms with Crippen LogP contribution < -0.4 is 9.64 Å². The van der Waals surface area contributed by atoms with Crippen LogP contribution in [-0.4, -0.2) is 60.7 Å². The van der Waals surface area contributed by atoms with Gasteiger partial charge in [0.25, 0.3) is 0 Å². The maximum Gasteiger partial charge on any atom is 0.324 e. The number of hydrogen-bond acceptors (Lipinski definition) is 7. The van der Waals surface area contributed by atoms with Gasteiger partial charge >= 0.3 is 6.01 Å². The SMILES string of the molecule is CC(C)c1noc(N2CCC(N(C)CCOc3ccc(C=O)cc3)CC2)n1. The molecule has 0 N–H and O–H groups in total. The molecule has 2 aromatic rings. The molecule has 0 radical (unpaired) electrons. The fourth-order valence-corrected chi connectivity index (χ4v) is 3.22. The van der Waals surface area contributed by atoms with E-state index in [0.717, 1.165) is 50.3 Å². The molecule has 146 valence electrons. The van der Waals surface area contributed by atoms with E-state index in [-0.39, 0.29) is 5.92 Å². The van der Waals surface area contributed by atoms with Gasteiger partial charge in [-0.2, -0.15) is 4.98 Å². The van der Waals surface area contributed by atoms with Crippen LogP contribution in [0, 0.1) is 0 Å². The van der Waals surface area contributed by atoms with Gasteiger partial charge in [-0.25, -0.2) is 0 Å². The summed E-state index contributed by atoms with van der Waals surface area (Å²) in [6, 6.07) is 8.36. The minimum absolute atomic E-state index is 0.279. The summed E-state index contributed by atoms with van der Waals surface area (Å²) >= 11 is 0. The molecule has 3 rings (SSSR count). The predicted molar refractivity (Wildman–Crippen MR) is 104 cm³/mol. The summed E-state index contributed by atoms with van der Waals surface area (Å²) in [4.78, 5) is 19.7. The Morgan fingerprint density at radius 3 is 2.59 bits per heavy atom. The molecular formula is C20H28N4O3. The minimum atomic E-state index is 0.279. The van der Waals surface area contributed by atoms with Crippen LogP contribution in [0.5, 0.6) is 5.75 Å². The Morgan fingerprint density at radius 2 is 2.00 bits per heavy atom. The highest BCUT2D eigenvalue weighted by molar-refractivity contribution is 5.74. The van der Waals surface area contributed by atoms with Crippen LogP contribution in [0.2, 0.25) is 0 Å². The lowest BCUT2D eigenvalue weighted by Gasteiger charge is -2.35. The number of anilines is 1. The van der Waals surface area contributed by atoms with Gasteiger partial charge in [0.05, 0.1) is 0 Å². The molecule has 1 aliphatic heterocycles. The van der Waals surface area contributed by atoms with Gasteiger partial charge in [0, 0.05) is 37.2 Å². The Kier molecular flexibility index (Phi) is 6.45. The lowest BCUT2D eigenvalue weighted by molar-refractivity contribution is 0.112. The first-order valence-corrected chi connectivity index (χ1v) is 9.53. The van der Waals surface area contributed by atoms with Crippen molar-refractivity contribution in [1.29, 1.82) is 0 Å². The van der Waals surface area contributed by atoms with Crippen molar-refractivity contribution >= 4 is 12.3 Å². The summed E-state index contributed by atoms with van der Waals surface area (Å²) in [6.45, 7) is 7.45. The van der Waals surface area contributed by atoms with Crippen molar-refractivity contribution in [3.05, 3.63) is 35.7 Å². The fraction of sp³-hybridized carbons (Fsp3) is 0.550. The highest BCUT2D eigenvalue weighted by Gasteiger charge is 2.25. The van der Waals surface area contributed by atoms with Crippen LogP contribution in [0.25, 0.3) is 0 Å². The maximum absolute atomic E-state index is 10.7. The monoisotopic (exact) mass is 372 g/mol. The van der Waals surface area contributed by atoms with Crippen molar-refractivity contribution in [3.8, 4) is 5.75 Å². The highest BCUT2D eigenvalue weighted by atomic mass is 16.5. The van der Waals surface area contributed by atoms with Crippen molar-refractivity contribution < 1.29 is 14.1 Å². The molecule has 0 aliphatic carbocycles. The van der Waals surface area contributed by atoms with Crippen LogP contribution in [0.15, 0.2) is 28.8 Å². The number of nitrogens with zero attached hydrogens (tertiary/aromatic N) is 4. The molecule has 1 fully saturated rings. The second-order valence-corrected chi connectivity index (χ2v) is 7.32. The van der Waals surface area contributed by atoms with E-state index in [4.69, 9.17) is 9.26 Å². The molecule has 0 amide bonds. The van der Waals surface area contributed by atoms with Gasteiger partial charge < -0.3 is 14.2 Å². The van der Waals surface area contributed by atoms with Crippen molar-refractivity contribution in [2.45, 2.75) is 38.6 Å². The standard InChI is InChI=1S/C20H28N4O3/c1-15(2)19-21-20(27-22-19)24-10-8-17(9-11-24)23(3)12-13-26-18-6-4-16(14-25)5-7-18/h4-7,14-15,17H,8-13H2,1-3H3. The van der Waals surface area contributed by atoms with E-state index < -0.39 is 0 Å². The minimum Gasteiger partial charge on any atom is -0.492 e. The summed E-state index contributed by atoms with van der Waals surface area (Å²) in [6.07, 6.45) is 2.95. The Balaban J connectivity index is 1.41. The number of rotatable bonds is 8. The lowest BCUT2D eigenvalue weighted by Crippen LogP contribution is -2.44. The number of hydrogen-bond donors (Lipinski definition) is 0. The van der Waals surface area contributed by atoms with Gasteiger partial charge in [-0.15, -0.1) is 0 Å². The van der Waals surface area contributed by atoms with Crippen LogP contribution in [0.3, 0.4) is 0 Å². The summed E-state index contributed by atoms with van der Waals surface area (Å²) in [5.74, 6) is 1.84. The fourth-order valence-electron chi connectivity index (χ4n) is 3.22. The Labute approximate surface area is 160 Å². The average Bonchev–Trinajstić information content (AvgIpc) is 3.19. The number of carbonyl (C=O) groups is 1. The molecule has 7 heteroatoms. The quantitative estimate of drug-likeness (QED) is 0.660. The Hall–Kier alpha value is -2.41. The number of aldehydes is 1. The third kappa shape index (κ3) is 5.07. The molecule has 0 spiro atoms. The third-order valence-electron chi connectivity index (χ3n) is 5.03. The van der Waals surface area contributed by atoms with E-state index in [1.165, 1.54) is 0 Å². The zero-order valence-electron chi connectivity index (χ0n) is 16.3. The maximum atomic E-state index is 10.7. The first-order valence-electron chi connectivity index (χ1n) is 9.53. The normalized spacial score (nSPS) is 15.5. The van der Waals surface area contributed by atoms with Gasteiger partial charge in [-0.1, -0.05) is 19.0 Å². The van der Waals surface area contributed by atoms with Gasteiger partial charge in [0.1, 0.15) is 18.6 Å². The number of likely N-dealkylation sites (N-methyl/N-ethyl adjacent to an activating group) is 1. The van der Waals surface area contributed by atoms with Gasteiger partial charge in [-0.3, -0.25) is 9.69 Å². The summed E-state index contributed by atoms with van der Waals surface area (Å²) in [5.41, 5.74) is 0.660. The zero-order valence-corrected chi connectivity index (χ0v) is 16.3. The van der Waals surface area contributed by atoms with Crippen LogP contribution in [0.1, 0.15) is 48.8 Å². The Bertz CT molecular complexity index is 721. The smallest absolute Gasteiger partial charge is 0.324 e. The molecule has 1 aromatic heterocycles. The number of piperidine rings is 1. The molecular weight excluding hydrogens is 344 g/mol. The molecule has 0 saturated carbocycles. The van der Waals surface area contributed by atoms with Gasteiger partial charge in [0.15, 0.2) is 5.82 Å². The first-order chi connectivity index (χ1) is 13.1. The molecule has 0 bridgehead atoms. The van der Waals surface area contributed by atoms with Crippen molar-refractivity contribution in [1.82, 2.24) is 15.0 Å². The van der Waals surface area contributed by atoms with E-state index >= 15 is 0 Å². The zero-order chi connectivity index (χ0) is 19.2. The highest BCUT2D eigenvalue weighted by Crippen LogP contribution is 2.22. The lowest BCUT2D eigenvalue weighted by atomic mass is 10.0. The summed E-state index contributed by atoms with van der Waals surface area (Å²) < 4.78 is 11.2. The van der Waals surface area contributed by atoms with Crippen LogP contribution in [0.4, 0.5) is 6.01 Å². The Morgan fingerprint density at radius 1 is 1.30 bits per heavy atom. The summed E-state index contributed by atoms with van der Waals surface area (Å²) in [5, 5.41) is 4.05. The van der Waals surface area contributed by atoms with E-state index in [1.54, 1.807) is 12.1 Å². The largest absolute Gasteiger partial charge is 0.492 e. The van der Waals surface area contributed by atoms with E-state index in [1.807, 2.05) is 12.1 Å². The number of aromatic nitrogens is 2. The second kappa shape index (κ2) is 8.99. The molecule has 7 nitrogen and oxygen atoms in total. The molecule has 1 aliphatic rings. The molecule has 0 unspecified atom stereocenters. The molecule has 0 atom stereocenters. The van der Waals surface area contributed by atoms with Gasteiger partial charge in [0.2, 0.25) is 0 Å².